The van der Waals surface area contributed by atoms with E-state index in [1.165, 1.54) is 19.3 Å². The molecule has 1 saturated carbocycles. The van der Waals surface area contributed by atoms with E-state index in [0.29, 0.717) is 6.04 Å². The highest BCUT2D eigenvalue weighted by Gasteiger charge is 2.23. The van der Waals surface area contributed by atoms with Crippen LogP contribution < -0.4 is 11.1 Å². The van der Waals surface area contributed by atoms with Crippen LogP contribution in [0.1, 0.15) is 31.7 Å². The summed E-state index contributed by atoms with van der Waals surface area (Å²) in [4.78, 5) is 0. The minimum absolute atomic E-state index is 0.529. The van der Waals surface area contributed by atoms with Gasteiger partial charge in [0, 0.05) is 6.04 Å². The molecule has 2 heteroatoms. The Bertz CT molecular complexity index is 342. The summed E-state index contributed by atoms with van der Waals surface area (Å²) in [5.41, 5.74) is 9.14. The largest absolute Gasteiger partial charge is 0.397 e. The number of hydrogen-bond acceptors (Lipinski definition) is 2. The lowest BCUT2D eigenvalue weighted by molar-refractivity contribution is 0.642. The molecule has 0 heterocycles. The molecule has 1 aromatic rings. The first-order valence-electron chi connectivity index (χ1n) is 5.78. The molecule has 1 aromatic carbocycles. The van der Waals surface area contributed by atoms with Crippen LogP contribution in [0.25, 0.3) is 0 Å². The van der Waals surface area contributed by atoms with Gasteiger partial charge in [0.05, 0.1) is 11.4 Å². The number of nitrogens with one attached hydrogen (secondary N) is 1. The summed E-state index contributed by atoms with van der Waals surface area (Å²) in [6.07, 6.45) is 4.10. The van der Waals surface area contributed by atoms with Crippen molar-refractivity contribution < 1.29 is 0 Å². The first-order chi connectivity index (χ1) is 7.16. The molecule has 0 radical (unpaired) electrons. The molecule has 1 unspecified atom stereocenters. The molecular weight excluding hydrogens is 184 g/mol. The number of anilines is 2. The summed E-state index contributed by atoms with van der Waals surface area (Å²) in [7, 11) is 0. The van der Waals surface area contributed by atoms with Gasteiger partial charge in [-0.3, -0.25) is 0 Å². The highest BCUT2D eigenvalue weighted by Crippen LogP contribution is 2.34. The van der Waals surface area contributed by atoms with Gasteiger partial charge in [-0.25, -0.2) is 0 Å². The smallest absolute Gasteiger partial charge is 0.0579 e. The lowest BCUT2D eigenvalue weighted by Gasteiger charge is -2.17. The third-order valence-electron chi connectivity index (χ3n) is 3.11. The number of benzene rings is 1. The van der Waals surface area contributed by atoms with Crippen molar-refractivity contribution >= 4 is 11.4 Å². The Morgan fingerprint density at radius 1 is 1.47 bits per heavy atom. The molecule has 1 aliphatic rings. The lowest BCUT2D eigenvalue weighted by atomic mass is 10.1. The number of hydrogen-bond donors (Lipinski definition) is 2. The molecule has 0 aliphatic heterocycles. The molecule has 2 nitrogen and oxygen atoms in total. The van der Waals surface area contributed by atoms with Gasteiger partial charge in [-0.05, 0) is 37.8 Å². The number of nitrogens with two attached hydrogens (primary N) is 1. The van der Waals surface area contributed by atoms with Crippen molar-refractivity contribution in [3.05, 3.63) is 23.8 Å². The number of rotatable bonds is 4. The van der Waals surface area contributed by atoms with Crippen LogP contribution in [-0.2, 0) is 0 Å². The second-order valence-electron chi connectivity index (χ2n) is 4.76. The van der Waals surface area contributed by atoms with E-state index in [4.69, 9.17) is 5.73 Å². The maximum absolute atomic E-state index is 6.01. The Hall–Kier alpha value is -1.18. The molecule has 15 heavy (non-hydrogen) atoms. The zero-order valence-corrected chi connectivity index (χ0v) is 9.59. The van der Waals surface area contributed by atoms with Gasteiger partial charge in [0.1, 0.15) is 0 Å². The molecule has 0 amide bonds. The highest BCUT2D eigenvalue weighted by molar-refractivity contribution is 5.69. The summed E-state index contributed by atoms with van der Waals surface area (Å²) >= 11 is 0. The van der Waals surface area contributed by atoms with Crippen LogP contribution in [-0.4, -0.2) is 6.04 Å². The Labute approximate surface area is 91.9 Å². The van der Waals surface area contributed by atoms with E-state index in [1.54, 1.807) is 0 Å². The molecule has 1 fully saturated rings. The third kappa shape index (κ3) is 2.65. The van der Waals surface area contributed by atoms with Gasteiger partial charge in [-0.2, -0.15) is 0 Å². The van der Waals surface area contributed by atoms with Gasteiger partial charge in [-0.15, -0.1) is 0 Å². The standard InChI is InChI=1S/C13H20N2/c1-9-4-3-5-12(13(9)14)15-10(2)8-11-6-7-11/h3-5,10-11,15H,6-8,14H2,1-2H3. The maximum Gasteiger partial charge on any atom is 0.0579 e. The molecule has 1 aliphatic carbocycles. The van der Waals surface area contributed by atoms with Gasteiger partial charge in [0.2, 0.25) is 0 Å². The maximum atomic E-state index is 6.01. The molecule has 0 spiro atoms. The minimum Gasteiger partial charge on any atom is -0.397 e. The number of nitrogen functional groups attached to an aromatic ring is 1. The van der Waals surface area contributed by atoms with Gasteiger partial charge < -0.3 is 11.1 Å². The van der Waals surface area contributed by atoms with Crippen molar-refractivity contribution in [3.8, 4) is 0 Å². The Balaban J connectivity index is 1.99. The van der Waals surface area contributed by atoms with Crippen LogP contribution in [0.15, 0.2) is 18.2 Å². The molecule has 0 saturated heterocycles. The minimum atomic E-state index is 0.529. The Morgan fingerprint density at radius 3 is 2.87 bits per heavy atom. The zero-order valence-electron chi connectivity index (χ0n) is 9.59. The van der Waals surface area contributed by atoms with Gasteiger partial charge in [-0.1, -0.05) is 25.0 Å². The van der Waals surface area contributed by atoms with Gasteiger partial charge in [0.25, 0.3) is 0 Å². The van der Waals surface area contributed by atoms with E-state index in [2.05, 4.69) is 24.4 Å². The average Bonchev–Trinajstić information content (AvgIpc) is 2.97. The van der Waals surface area contributed by atoms with Crippen LogP contribution in [0.3, 0.4) is 0 Å². The summed E-state index contributed by atoms with van der Waals surface area (Å²) in [6.45, 7) is 4.28. The van der Waals surface area contributed by atoms with E-state index in [-0.39, 0.29) is 0 Å². The van der Waals surface area contributed by atoms with Gasteiger partial charge >= 0.3 is 0 Å². The van der Waals surface area contributed by atoms with Crippen molar-refractivity contribution in [2.75, 3.05) is 11.1 Å². The van der Waals surface area contributed by atoms with Crippen LogP contribution in [0.2, 0.25) is 0 Å². The highest BCUT2D eigenvalue weighted by atomic mass is 14.9. The molecule has 3 N–H and O–H groups in total. The van der Waals surface area contributed by atoms with Crippen LogP contribution in [0.5, 0.6) is 0 Å². The third-order valence-corrected chi connectivity index (χ3v) is 3.11. The van der Waals surface area contributed by atoms with Crippen molar-refractivity contribution in [1.29, 1.82) is 0 Å². The fourth-order valence-corrected chi connectivity index (χ4v) is 1.98. The average molecular weight is 204 g/mol. The van der Waals surface area contributed by atoms with Crippen LogP contribution in [0.4, 0.5) is 11.4 Å². The predicted octanol–water partition coefficient (Wildman–Crippen LogP) is 3.18. The van der Waals surface area contributed by atoms with Crippen molar-refractivity contribution in [1.82, 2.24) is 0 Å². The zero-order chi connectivity index (χ0) is 10.8. The molecule has 2 rings (SSSR count). The summed E-state index contributed by atoms with van der Waals surface area (Å²) in [5, 5.41) is 3.50. The van der Waals surface area contributed by atoms with E-state index < -0.39 is 0 Å². The lowest BCUT2D eigenvalue weighted by Crippen LogP contribution is -2.16. The summed E-state index contributed by atoms with van der Waals surface area (Å²) < 4.78 is 0. The van der Waals surface area contributed by atoms with E-state index in [9.17, 15) is 0 Å². The molecule has 0 bridgehead atoms. The first kappa shape index (κ1) is 10.3. The SMILES string of the molecule is Cc1cccc(NC(C)CC2CC2)c1N. The first-order valence-corrected chi connectivity index (χ1v) is 5.78. The summed E-state index contributed by atoms with van der Waals surface area (Å²) in [6, 6.07) is 6.69. The van der Waals surface area contributed by atoms with Gasteiger partial charge in [0.15, 0.2) is 0 Å². The van der Waals surface area contributed by atoms with Crippen LogP contribution >= 0.6 is 0 Å². The predicted molar refractivity (Wildman–Crippen MR) is 66.0 cm³/mol. The van der Waals surface area contributed by atoms with E-state index >= 15 is 0 Å². The molecule has 1 atom stereocenters. The topological polar surface area (TPSA) is 38.0 Å². The molecule has 0 aromatic heterocycles. The Kier molecular flexibility index (Phi) is 2.85. The van der Waals surface area contributed by atoms with Crippen LogP contribution in [0, 0.1) is 12.8 Å². The molecular formula is C13H20N2. The number of aryl methyl sites for hydroxylation is 1. The monoisotopic (exact) mass is 204 g/mol. The fourth-order valence-electron chi connectivity index (χ4n) is 1.98. The van der Waals surface area contributed by atoms with Crippen molar-refractivity contribution in [2.24, 2.45) is 5.92 Å². The van der Waals surface area contributed by atoms with E-state index in [0.717, 1.165) is 22.9 Å². The summed E-state index contributed by atoms with van der Waals surface area (Å²) in [5.74, 6) is 0.957. The second kappa shape index (κ2) is 4.13. The molecule has 82 valence electrons. The second-order valence-corrected chi connectivity index (χ2v) is 4.76. The fraction of sp³-hybridized carbons (Fsp3) is 0.538. The normalized spacial score (nSPS) is 17.5. The van der Waals surface area contributed by atoms with E-state index in [1.807, 2.05) is 13.0 Å². The van der Waals surface area contributed by atoms with Crippen molar-refractivity contribution in [3.63, 3.8) is 0 Å². The Morgan fingerprint density at radius 2 is 2.20 bits per heavy atom. The van der Waals surface area contributed by atoms with Crippen molar-refractivity contribution in [2.45, 2.75) is 39.2 Å². The number of para-hydroxylation sites is 1. The quantitative estimate of drug-likeness (QED) is 0.739.